The first kappa shape index (κ1) is 100.0. The Bertz CT molecular complexity index is 2200. The van der Waals surface area contributed by atoms with Crippen LogP contribution in [0.5, 0.6) is 0 Å². The SMILES string of the molecule is C=CC.C=CC.C=CC.C=CC.CC.CC.CC.CC.CC.CC.CC.CC.CCC.CCC.Cn1c2ccccc2c2ccccc21.Cn1c2ccccc2c2ccccc21.c1ccccc1.c1ccccc1.c1cncnc1.c1ncncn1. The van der Waals surface area contributed by atoms with Gasteiger partial charge in [-0.3, -0.25) is 0 Å². The summed E-state index contributed by atoms with van der Waals surface area (Å²) in [6, 6.07) is 59.8. The highest BCUT2D eigenvalue weighted by Crippen LogP contribution is 2.28. The summed E-state index contributed by atoms with van der Waals surface area (Å²) in [5, 5.41) is 5.35. The van der Waals surface area contributed by atoms with Gasteiger partial charge in [0.25, 0.3) is 0 Å². The van der Waals surface area contributed by atoms with Crippen LogP contribution in [0, 0.1) is 0 Å². The maximum atomic E-state index is 3.67. The normalized spacial score (nSPS) is 7.47. The molecule has 0 bridgehead atoms. The van der Waals surface area contributed by atoms with Gasteiger partial charge >= 0.3 is 0 Å². The monoisotopic (exact) mass is 1180 g/mol. The third kappa shape index (κ3) is 60.6. The van der Waals surface area contributed by atoms with Gasteiger partial charge in [0.05, 0.1) is 0 Å². The van der Waals surface area contributed by atoms with Crippen molar-refractivity contribution in [3.63, 3.8) is 0 Å². The smallest absolute Gasteiger partial charge is 0.119 e. The summed E-state index contributed by atoms with van der Waals surface area (Å²) in [4.78, 5) is 18.0. The Morgan fingerprint density at radius 3 is 0.523 bits per heavy atom. The summed E-state index contributed by atoms with van der Waals surface area (Å²) in [5.74, 6) is 0. The summed E-state index contributed by atoms with van der Waals surface area (Å²) < 4.78 is 4.48. The maximum Gasteiger partial charge on any atom is 0.119 e. The highest BCUT2D eigenvalue weighted by atomic mass is 14.9. The minimum absolute atomic E-state index is 1.25. The average Bonchev–Trinajstić information content (AvgIpc) is 2.38. The molecule has 7 heteroatoms. The highest BCUT2D eigenvalue weighted by Gasteiger charge is 2.06. The molecule has 4 aromatic heterocycles. The van der Waals surface area contributed by atoms with Crippen molar-refractivity contribution in [1.29, 1.82) is 0 Å². The molecule has 6 aromatic carbocycles. The van der Waals surface area contributed by atoms with Crippen LogP contribution in [0.4, 0.5) is 0 Å². The Morgan fingerprint density at radius 1 is 0.267 bits per heavy atom. The van der Waals surface area contributed by atoms with Gasteiger partial charge in [0, 0.05) is 70.1 Å². The predicted molar refractivity (Wildman–Crippen MR) is 402 cm³/mol. The van der Waals surface area contributed by atoms with Gasteiger partial charge in [-0.15, -0.1) is 26.3 Å². The summed E-state index contributed by atoms with van der Waals surface area (Å²) in [6.07, 6.45) is 18.7. The van der Waals surface area contributed by atoms with Crippen LogP contribution in [-0.4, -0.2) is 34.1 Å². The number of benzene rings is 6. The van der Waals surface area contributed by atoms with Gasteiger partial charge in [-0.2, -0.15) is 0 Å². The minimum Gasteiger partial charge on any atom is -0.344 e. The lowest BCUT2D eigenvalue weighted by Crippen LogP contribution is -1.84. The number of fused-ring (bicyclic) bond motifs is 6. The first-order valence-corrected chi connectivity index (χ1v) is 31.6. The molecule has 7 nitrogen and oxygen atoms in total. The first-order valence-electron chi connectivity index (χ1n) is 31.6. The second-order valence-corrected chi connectivity index (χ2v) is 14.2. The lowest BCUT2D eigenvalue weighted by atomic mass is 10.2. The van der Waals surface area contributed by atoms with Crippen molar-refractivity contribution in [2.75, 3.05) is 0 Å². The molecule has 0 radical (unpaired) electrons. The Hall–Kier alpha value is -8.03. The molecule has 0 spiro atoms. The molecular formula is C79H129N7. The molecule has 4 heterocycles. The molecular weight excluding hydrogens is 1050 g/mol. The molecule has 10 rings (SSSR count). The fraction of sp³-hybridized carbons (Fsp3) is 0.354. The fourth-order valence-electron chi connectivity index (χ4n) is 5.46. The van der Waals surface area contributed by atoms with Gasteiger partial charge in [0.2, 0.25) is 0 Å². The third-order valence-electron chi connectivity index (χ3n) is 7.85. The molecule has 0 aliphatic heterocycles. The largest absolute Gasteiger partial charge is 0.344 e. The number of hydrogen-bond donors (Lipinski definition) is 0. The molecule has 0 atom stereocenters. The highest BCUT2D eigenvalue weighted by molar-refractivity contribution is 6.08. The van der Waals surface area contributed by atoms with Crippen LogP contribution in [0.25, 0.3) is 43.6 Å². The van der Waals surface area contributed by atoms with Gasteiger partial charge in [-0.05, 0) is 58.0 Å². The number of aryl methyl sites for hydroxylation is 2. The summed E-state index contributed by atoms with van der Waals surface area (Å²) in [6.45, 7) is 61.5. The van der Waals surface area contributed by atoms with Crippen molar-refractivity contribution >= 4 is 43.6 Å². The molecule has 10 aromatic rings. The van der Waals surface area contributed by atoms with Crippen LogP contribution in [0.3, 0.4) is 0 Å². The topological polar surface area (TPSA) is 74.3 Å². The zero-order valence-corrected chi connectivity index (χ0v) is 59.9. The fourth-order valence-corrected chi connectivity index (χ4v) is 5.46. The van der Waals surface area contributed by atoms with Crippen molar-refractivity contribution in [3.8, 4) is 0 Å². The number of rotatable bonds is 0. The van der Waals surface area contributed by atoms with E-state index in [0.29, 0.717) is 0 Å². The Kier molecular flexibility index (Phi) is 112. The van der Waals surface area contributed by atoms with E-state index in [1.807, 2.05) is 211 Å². The molecule has 0 N–H and O–H groups in total. The Labute approximate surface area is 532 Å². The Balaban J connectivity index is -0.0000000935. The molecule has 0 unspecified atom stereocenters. The van der Waals surface area contributed by atoms with Crippen molar-refractivity contribution in [1.82, 2.24) is 34.1 Å². The maximum absolute atomic E-state index is 3.67. The second-order valence-electron chi connectivity index (χ2n) is 14.2. The van der Waals surface area contributed by atoms with Crippen molar-refractivity contribution in [2.45, 2.75) is 179 Å². The van der Waals surface area contributed by atoms with Crippen molar-refractivity contribution in [3.05, 3.63) is 264 Å². The molecule has 480 valence electrons. The van der Waals surface area contributed by atoms with Crippen LogP contribution in [0.1, 0.15) is 179 Å². The van der Waals surface area contributed by atoms with Gasteiger partial charge in [-0.1, -0.05) is 321 Å². The van der Waals surface area contributed by atoms with Crippen LogP contribution in [-0.2, 0) is 14.1 Å². The number of aromatic nitrogens is 7. The molecule has 0 aliphatic carbocycles. The van der Waals surface area contributed by atoms with Crippen molar-refractivity contribution in [2.24, 2.45) is 14.1 Å². The van der Waals surface area contributed by atoms with Gasteiger partial charge in [-0.25, -0.2) is 24.9 Å². The number of hydrogen-bond acceptors (Lipinski definition) is 5. The van der Waals surface area contributed by atoms with Gasteiger partial charge in [0.1, 0.15) is 25.3 Å². The number of nitrogens with zero attached hydrogens (tertiary/aromatic N) is 7. The quantitative estimate of drug-likeness (QED) is 0.141. The summed E-state index contributed by atoms with van der Waals surface area (Å²) >= 11 is 0. The van der Waals surface area contributed by atoms with E-state index >= 15 is 0 Å². The Morgan fingerprint density at radius 2 is 0.407 bits per heavy atom. The van der Waals surface area contributed by atoms with Crippen LogP contribution >= 0.6 is 0 Å². The predicted octanol–water partition coefficient (Wildman–Crippen LogP) is 26.2. The molecule has 0 saturated heterocycles. The van der Waals surface area contributed by atoms with E-state index in [0.717, 1.165) is 0 Å². The summed E-state index contributed by atoms with van der Waals surface area (Å²) in [5.41, 5.74) is 5.20. The van der Waals surface area contributed by atoms with E-state index in [-0.39, 0.29) is 0 Å². The van der Waals surface area contributed by atoms with E-state index in [2.05, 4.69) is 199 Å². The molecule has 0 saturated carbocycles. The van der Waals surface area contributed by atoms with E-state index in [4.69, 9.17) is 0 Å². The first-order chi connectivity index (χ1) is 42.2. The number of para-hydroxylation sites is 4. The number of allylic oxidation sites excluding steroid dienone is 4. The second kappa shape index (κ2) is 96.2. The molecule has 0 aliphatic rings. The van der Waals surface area contributed by atoms with Gasteiger partial charge < -0.3 is 9.13 Å². The van der Waals surface area contributed by atoms with E-state index in [9.17, 15) is 0 Å². The standard InChI is InChI=1S/2C13H11N.2C6H6.C4H4N2.C3H3N3.2C3H8.4C3H6.8C2H6/c2*1-14-12-8-4-2-6-10(12)11-7-3-5-9-13(11)14;2*1-2-4-6-5-3-1;1-2-5-4-6-3-1;1-4-2-6-3-5-1;6*1-3-2;8*1-2/h2*2-9H,1H3;2*1-6H;1-4H;1-3H;2*3H2,1-2H3;4*3H,1H2,2H3;8*1-2H3. The zero-order valence-electron chi connectivity index (χ0n) is 59.9. The average molecular weight is 1180 g/mol. The molecule has 0 fully saturated rings. The minimum atomic E-state index is 1.25. The lowest BCUT2D eigenvalue weighted by molar-refractivity contribution is 1.01. The van der Waals surface area contributed by atoms with Crippen LogP contribution in [0.2, 0.25) is 0 Å². The zero-order chi connectivity index (χ0) is 68.3. The lowest BCUT2D eigenvalue weighted by Gasteiger charge is -1.95. The van der Waals surface area contributed by atoms with Gasteiger partial charge in [0.15, 0.2) is 0 Å². The van der Waals surface area contributed by atoms with Crippen LogP contribution < -0.4 is 0 Å². The van der Waals surface area contributed by atoms with E-state index in [1.54, 1.807) is 42.8 Å². The van der Waals surface area contributed by atoms with Crippen LogP contribution in [0.15, 0.2) is 264 Å². The molecule has 86 heavy (non-hydrogen) atoms. The molecule has 0 amide bonds. The summed E-state index contributed by atoms with van der Waals surface area (Å²) in [7, 11) is 4.23. The van der Waals surface area contributed by atoms with E-state index < -0.39 is 0 Å². The van der Waals surface area contributed by atoms with E-state index in [1.165, 1.54) is 81.8 Å². The van der Waals surface area contributed by atoms with Crippen molar-refractivity contribution < 1.29 is 0 Å². The third-order valence-corrected chi connectivity index (χ3v) is 7.85.